The molecule has 5 aliphatic heterocycles. The average Bonchev–Trinajstić information content (AvgIpc) is 3.58. The van der Waals surface area contributed by atoms with E-state index in [-0.39, 0.29) is 59.4 Å². The minimum absolute atomic E-state index is 0.0407. The van der Waals surface area contributed by atoms with Crippen molar-refractivity contribution in [3.05, 3.63) is 0 Å². The van der Waals surface area contributed by atoms with Gasteiger partial charge in [0.15, 0.2) is 0 Å². The van der Waals surface area contributed by atoms with Crippen LogP contribution in [-0.2, 0) is 19.1 Å². The smallest absolute Gasteiger partial charge is 0.380 e. The fraction of sp³-hybridized carbons (Fsp3) is 0.923. The van der Waals surface area contributed by atoms with Crippen molar-refractivity contribution in [3.63, 3.8) is 0 Å². The predicted octanol–water partition coefficient (Wildman–Crippen LogP) is 0.497. The molecule has 0 aromatic heterocycles. The molecule has 5 saturated heterocycles. The molecule has 40 heavy (non-hydrogen) atoms. The number of halogens is 3. The molecule has 14 heteroatoms. The number of carbonyl (C=O) groups is 2. The average molecular weight is 591 g/mol. The van der Waals surface area contributed by atoms with Crippen LogP contribution >= 0.6 is 11.8 Å². The first-order chi connectivity index (χ1) is 19.1. The number of hydrogen-bond donors (Lipinski definition) is 4. The van der Waals surface area contributed by atoms with E-state index in [2.05, 4.69) is 37.8 Å². The molecule has 9 unspecified atom stereocenters. The van der Waals surface area contributed by atoms with Crippen LogP contribution in [0.3, 0.4) is 0 Å². The van der Waals surface area contributed by atoms with Gasteiger partial charge in [-0.2, -0.15) is 0 Å². The first-order valence-electron chi connectivity index (χ1n) is 14.5. The van der Waals surface area contributed by atoms with E-state index in [4.69, 9.17) is 4.74 Å². The third-order valence-corrected chi connectivity index (χ3v) is 11.3. The number of thioether (sulfide) groups is 1. The van der Waals surface area contributed by atoms with Crippen molar-refractivity contribution in [1.29, 1.82) is 0 Å². The van der Waals surface area contributed by atoms with Crippen molar-refractivity contribution in [2.45, 2.75) is 80.1 Å². The lowest BCUT2D eigenvalue weighted by atomic mass is 9.69. The van der Waals surface area contributed by atoms with Crippen molar-refractivity contribution < 1.29 is 32.2 Å². The van der Waals surface area contributed by atoms with Crippen molar-refractivity contribution in [1.82, 2.24) is 31.1 Å². The quantitative estimate of drug-likeness (QED) is 0.352. The number of nitrogens with zero attached hydrogens (tertiary/aromatic N) is 2. The van der Waals surface area contributed by atoms with Crippen LogP contribution in [0.1, 0.15) is 32.6 Å². The van der Waals surface area contributed by atoms with Gasteiger partial charge < -0.3 is 25.6 Å². The van der Waals surface area contributed by atoms with E-state index < -0.39 is 18.4 Å². The normalized spacial score (nSPS) is 43.7. The maximum Gasteiger partial charge on any atom is 0.522 e. The molecule has 9 atom stereocenters. The Balaban J connectivity index is 1.01. The number of amides is 2. The number of carbonyl (C=O) groups excluding carboxylic acids is 2. The molecule has 6 aliphatic rings. The monoisotopic (exact) mass is 590 g/mol. The molecule has 226 valence electrons. The van der Waals surface area contributed by atoms with Gasteiger partial charge in [0.2, 0.25) is 11.8 Å². The summed E-state index contributed by atoms with van der Waals surface area (Å²) in [7, 11) is 1.78. The zero-order valence-corrected chi connectivity index (χ0v) is 23.8. The molecule has 10 nitrogen and oxygen atoms in total. The predicted molar refractivity (Wildman–Crippen MR) is 142 cm³/mol. The summed E-state index contributed by atoms with van der Waals surface area (Å²) in [5.74, 6) is -0.0493. The molecular formula is C26H41F3N6O4S. The van der Waals surface area contributed by atoms with E-state index in [0.29, 0.717) is 37.6 Å². The summed E-state index contributed by atoms with van der Waals surface area (Å²) >= 11 is 1.63. The Morgan fingerprint density at radius 2 is 1.85 bits per heavy atom. The van der Waals surface area contributed by atoms with E-state index in [1.165, 1.54) is 0 Å². The lowest BCUT2D eigenvalue weighted by molar-refractivity contribution is -0.353. The van der Waals surface area contributed by atoms with Gasteiger partial charge >= 0.3 is 6.36 Å². The van der Waals surface area contributed by atoms with Gasteiger partial charge in [0.05, 0.1) is 18.1 Å². The van der Waals surface area contributed by atoms with Crippen LogP contribution in [0.15, 0.2) is 0 Å². The fourth-order valence-corrected chi connectivity index (χ4v) is 9.20. The molecule has 5 heterocycles. The van der Waals surface area contributed by atoms with E-state index in [0.717, 1.165) is 32.6 Å². The van der Waals surface area contributed by atoms with Gasteiger partial charge in [-0.05, 0) is 44.4 Å². The van der Waals surface area contributed by atoms with Crippen LogP contribution in [-0.4, -0.2) is 116 Å². The number of rotatable bonds is 6. The number of methoxy groups -OCH3 is 1. The molecule has 6 fully saturated rings. The zero-order chi connectivity index (χ0) is 28.2. The lowest BCUT2D eigenvalue weighted by Crippen LogP contribution is -2.58. The van der Waals surface area contributed by atoms with Crippen molar-refractivity contribution in [2.24, 2.45) is 23.7 Å². The number of hydrogen-bond acceptors (Lipinski definition) is 9. The Kier molecular flexibility index (Phi) is 8.32. The molecule has 4 N–H and O–H groups in total. The van der Waals surface area contributed by atoms with Crippen LogP contribution in [0.5, 0.6) is 0 Å². The summed E-state index contributed by atoms with van der Waals surface area (Å²) in [5.41, 5.74) is -0.230. The molecule has 6 rings (SSSR count). The first kappa shape index (κ1) is 28.9. The van der Waals surface area contributed by atoms with Crippen LogP contribution in [0.4, 0.5) is 13.2 Å². The summed E-state index contributed by atoms with van der Waals surface area (Å²) < 4.78 is 47.2. The molecule has 2 amide bonds. The summed E-state index contributed by atoms with van der Waals surface area (Å²) in [5, 5.41) is 13.8. The Labute approximate surface area is 237 Å². The summed E-state index contributed by atoms with van der Waals surface area (Å²) in [4.78, 5) is 30.7. The molecule has 0 aromatic carbocycles. The first-order valence-corrected chi connectivity index (χ1v) is 15.5. The second-order valence-electron chi connectivity index (χ2n) is 12.5. The van der Waals surface area contributed by atoms with Gasteiger partial charge in [0, 0.05) is 75.8 Å². The SMILES string of the molecule is COC1CN2CNCC2CC1C1CC(C)NCC1C(=O)NC1NC2CN(C(=O)C3CC(OC(F)(F)F)C3)CC2S1. The highest BCUT2D eigenvalue weighted by Gasteiger charge is 2.50. The van der Waals surface area contributed by atoms with Crippen LogP contribution in [0, 0.1) is 23.7 Å². The van der Waals surface area contributed by atoms with Crippen LogP contribution < -0.4 is 21.3 Å². The Hall–Kier alpha value is -1.16. The minimum Gasteiger partial charge on any atom is -0.380 e. The second kappa shape index (κ2) is 11.5. The van der Waals surface area contributed by atoms with Gasteiger partial charge in [-0.25, -0.2) is 0 Å². The third-order valence-electron chi connectivity index (χ3n) is 9.94. The summed E-state index contributed by atoms with van der Waals surface area (Å²) in [6.45, 7) is 6.63. The zero-order valence-electron chi connectivity index (χ0n) is 23.0. The number of alkyl halides is 3. The second-order valence-corrected chi connectivity index (χ2v) is 13.8. The minimum atomic E-state index is -4.66. The van der Waals surface area contributed by atoms with Crippen molar-refractivity contribution in [3.8, 4) is 0 Å². The highest BCUT2D eigenvalue weighted by molar-refractivity contribution is 8.00. The molecule has 1 saturated carbocycles. The van der Waals surface area contributed by atoms with Gasteiger partial charge in [0.25, 0.3) is 0 Å². The highest BCUT2D eigenvalue weighted by Crippen LogP contribution is 2.41. The molecule has 0 spiro atoms. The van der Waals surface area contributed by atoms with E-state index >= 15 is 0 Å². The maximum absolute atomic E-state index is 13.7. The molecule has 0 aromatic rings. The van der Waals surface area contributed by atoms with Crippen molar-refractivity contribution in [2.75, 3.05) is 46.5 Å². The fourth-order valence-electron chi connectivity index (χ4n) is 7.79. The maximum atomic E-state index is 13.7. The Morgan fingerprint density at radius 3 is 2.58 bits per heavy atom. The van der Waals surface area contributed by atoms with E-state index in [1.807, 2.05) is 0 Å². The third kappa shape index (κ3) is 6.00. The topological polar surface area (TPSA) is 107 Å². The Morgan fingerprint density at radius 1 is 1.05 bits per heavy atom. The largest absolute Gasteiger partial charge is 0.522 e. The highest BCUT2D eigenvalue weighted by atomic mass is 32.2. The lowest BCUT2D eigenvalue weighted by Gasteiger charge is -2.47. The Bertz CT molecular complexity index is 944. The van der Waals surface area contributed by atoms with Crippen LogP contribution in [0.2, 0.25) is 0 Å². The standard InChI is InChI=1S/C26H41F3N6O4S/c1-13-3-17(18-6-15-7-30-12-35(15)10-21(18)38-2)19(8-31-13)23(36)33-25-32-20-9-34(11-22(20)40-25)24(37)14-4-16(5-14)39-26(27,28)29/h13-22,25,30-32H,3-12H2,1-2H3,(H,33,36). The van der Waals surface area contributed by atoms with Gasteiger partial charge in [-0.1, -0.05) is 0 Å². The number of fused-ring (bicyclic) bond motifs is 2. The number of piperidine rings is 2. The van der Waals surface area contributed by atoms with Gasteiger partial charge in [-0.15, -0.1) is 24.9 Å². The van der Waals surface area contributed by atoms with E-state index in [1.54, 1.807) is 23.8 Å². The molecular weight excluding hydrogens is 549 g/mol. The van der Waals surface area contributed by atoms with Crippen LogP contribution in [0.25, 0.3) is 0 Å². The van der Waals surface area contributed by atoms with Crippen molar-refractivity contribution >= 4 is 23.6 Å². The molecule has 0 radical (unpaired) electrons. The number of nitrogens with one attached hydrogen (secondary N) is 4. The summed E-state index contributed by atoms with van der Waals surface area (Å²) in [6, 6.07) is 0.878. The van der Waals surface area contributed by atoms with Gasteiger partial charge in [-0.3, -0.25) is 24.5 Å². The number of likely N-dealkylation sites (tertiary alicyclic amines) is 1. The van der Waals surface area contributed by atoms with E-state index in [9.17, 15) is 22.8 Å². The number of ether oxygens (including phenoxy) is 2. The van der Waals surface area contributed by atoms with Gasteiger partial charge in [0.1, 0.15) is 5.50 Å². The summed E-state index contributed by atoms with van der Waals surface area (Å²) in [6.07, 6.45) is -3.29. The molecule has 1 aliphatic carbocycles. The molecule has 0 bridgehead atoms.